The summed E-state index contributed by atoms with van der Waals surface area (Å²) >= 11 is 0. The molecule has 0 amide bonds. The van der Waals surface area contributed by atoms with Crippen LogP contribution in [0.4, 0.5) is 17.1 Å². The minimum Gasteiger partial charge on any atom is -0.454 e. The maximum absolute atomic E-state index is 6.90. The van der Waals surface area contributed by atoms with Gasteiger partial charge in [-0.05, 0) is 103 Å². The minimum absolute atomic E-state index is 0.448. The van der Waals surface area contributed by atoms with Gasteiger partial charge in [-0.3, -0.25) is 0 Å². The molecule has 0 radical (unpaired) electrons. The summed E-state index contributed by atoms with van der Waals surface area (Å²) in [4.78, 5) is 2.41. The summed E-state index contributed by atoms with van der Waals surface area (Å²) in [6.07, 6.45) is 0. The molecule has 0 unspecified atom stereocenters. The Morgan fingerprint density at radius 2 is 0.909 bits per heavy atom. The Kier molecular flexibility index (Phi) is 6.29. The van der Waals surface area contributed by atoms with Gasteiger partial charge in [-0.1, -0.05) is 164 Å². The Morgan fingerprint density at radius 3 is 1.60 bits per heavy atom. The molecule has 0 atom stereocenters. The van der Waals surface area contributed by atoms with E-state index in [1.807, 2.05) is 0 Å². The average Bonchev–Trinajstić information content (AvgIpc) is 3.89. The highest BCUT2D eigenvalue weighted by Gasteiger charge is 2.51. The van der Waals surface area contributed by atoms with Crippen LogP contribution in [0.25, 0.3) is 66.1 Å². The average molecular weight is 700 g/mol. The van der Waals surface area contributed by atoms with Gasteiger partial charge in [0, 0.05) is 22.1 Å². The molecule has 0 saturated heterocycles. The Labute approximate surface area is 319 Å². The maximum Gasteiger partial charge on any atom is 0.160 e. The number of rotatable bonds is 4. The molecule has 1 spiro atoms. The van der Waals surface area contributed by atoms with Crippen LogP contribution in [-0.4, -0.2) is 0 Å². The van der Waals surface area contributed by atoms with E-state index in [0.29, 0.717) is 0 Å². The molecular weight excluding hydrogens is 667 g/mol. The lowest BCUT2D eigenvalue weighted by Crippen LogP contribution is -2.26. The number of nitrogens with zero attached hydrogens (tertiary/aromatic N) is 1. The molecular formula is C53H33NO. The Bertz CT molecular complexity index is 3090. The second-order valence-corrected chi connectivity index (χ2v) is 14.8. The van der Waals surface area contributed by atoms with Crippen LogP contribution in [0.3, 0.4) is 0 Å². The highest BCUT2D eigenvalue weighted by Crippen LogP contribution is 2.63. The van der Waals surface area contributed by atoms with Crippen LogP contribution < -0.4 is 4.90 Å². The molecule has 256 valence electrons. The summed E-state index contributed by atoms with van der Waals surface area (Å²) in [6.45, 7) is 0. The van der Waals surface area contributed by atoms with Gasteiger partial charge in [-0.25, -0.2) is 0 Å². The van der Waals surface area contributed by atoms with Crippen molar-refractivity contribution >= 4 is 49.8 Å². The van der Waals surface area contributed by atoms with Crippen LogP contribution in [0.1, 0.15) is 22.3 Å². The molecule has 2 nitrogen and oxygen atoms in total. The zero-order valence-corrected chi connectivity index (χ0v) is 29.9. The molecule has 9 aromatic carbocycles. The molecule has 0 fully saturated rings. The highest BCUT2D eigenvalue weighted by molar-refractivity contribution is 6.23. The summed E-state index contributed by atoms with van der Waals surface area (Å²) in [5, 5.41) is 4.62. The van der Waals surface area contributed by atoms with Crippen molar-refractivity contribution in [2.45, 2.75) is 5.41 Å². The summed E-state index contributed by atoms with van der Waals surface area (Å²) < 4.78 is 6.90. The molecule has 1 aromatic heterocycles. The molecule has 12 rings (SSSR count). The predicted molar refractivity (Wildman–Crippen MR) is 228 cm³/mol. The van der Waals surface area contributed by atoms with E-state index < -0.39 is 5.41 Å². The van der Waals surface area contributed by atoms with E-state index in [0.717, 1.165) is 39.0 Å². The summed E-state index contributed by atoms with van der Waals surface area (Å²) in [6, 6.07) is 73.2. The molecule has 0 bridgehead atoms. The zero-order chi connectivity index (χ0) is 36.1. The summed E-state index contributed by atoms with van der Waals surface area (Å²) in [7, 11) is 0. The van der Waals surface area contributed by atoms with Crippen molar-refractivity contribution in [3.63, 3.8) is 0 Å². The van der Waals surface area contributed by atoms with Crippen LogP contribution in [-0.2, 0) is 5.41 Å². The molecule has 0 aliphatic heterocycles. The van der Waals surface area contributed by atoms with Crippen molar-refractivity contribution in [2.24, 2.45) is 0 Å². The van der Waals surface area contributed by atoms with Crippen LogP contribution in [0.5, 0.6) is 0 Å². The first-order chi connectivity index (χ1) is 27.3. The third kappa shape index (κ3) is 4.14. The van der Waals surface area contributed by atoms with Crippen molar-refractivity contribution in [3.8, 4) is 33.4 Å². The zero-order valence-electron chi connectivity index (χ0n) is 29.9. The summed E-state index contributed by atoms with van der Waals surface area (Å²) in [5.41, 5.74) is 17.3. The lowest BCUT2D eigenvalue weighted by Gasteiger charge is -2.32. The minimum atomic E-state index is -0.448. The van der Waals surface area contributed by atoms with E-state index >= 15 is 0 Å². The Hall–Kier alpha value is -7.16. The van der Waals surface area contributed by atoms with Crippen molar-refractivity contribution in [3.05, 3.63) is 222 Å². The number of anilines is 3. The number of para-hydroxylation sites is 1. The van der Waals surface area contributed by atoms with Crippen molar-refractivity contribution in [1.29, 1.82) is 0 Å². The second-order valence-electron chi connectivity index (χ2n) is 14.8. The van der Waals surface area contributed by atoms with Crippen LogP contribution in [0.15, 0.2) is 205 Å². The third-order valence-corrected chi connectivity index (χ3v) is 12.1. The van der Waals surface area contributed by atoms with Gasteiger partial charge in [0.25, 0.3) is 0 Å². The fourth-order valence-corrected chi connectivity index (χ4v) is 9.81. The molecule has 2 heteroatoms. The van der Waals surface area contributed by atoms with Gasteiger partial charge in [0.2, 0.25) is 0 Å². The molecule has 10 aromatic rings. The largest absolute Gasteiger partial charge is 0.454 e. The Balaban J connectivity index is 1.16. The lowest BCUT2D eigenvalue weighted by atomic mass is 9.70. The number of benzene rings is 9. The van der Waals surface area contributed by atoms with E-state index in [2.05, 4.69) is 205 Å². The lowest BCUT2D eigenvalue weighted by molar-refractivity contribution is 0.669. The first-order valence-corrected chi connectivity index (χ1v) is 19.0. The van der Waals surface area contributed by atoms with Gasteiger partial charge < -0.3 is 9.32 Å². The van der Waals surface area contributed by atoms with Crippen LogP contribution >= 0.6 is 0 Å². The van der Waals surface area contributed by atoms with Crippen LogP contribution in [0, 0.1) is 0 Å². The van der Waals surface area contributed by atoms with E-state index in [1.165, 1.54) is 66.4 Å². The third-order valence-electron chi connectivity index (χ3n) is 12.1. The quantitative estimate of drug-likeness (QED) is 0.182. The SMILES string of the molecule is c1ccc(-c2ccc(N(c3ccc4c(c3)C3(c5ccccc5-c5ccccc53)c3ccccc3-4)c3cc4ccccc4c4c3oc3ccccc34)cc2)cc1. The second kappa shape index (κ2) is 11.4. The number of hydrogen-bond donors (Lipinski definition) is 0. The highest BCUT2D eigenvalue weighted by atomic mass is 16.3. The molecule has 0 N–H and O–H groups in total. The number of furan rings is 1. The molecule has 2 aliphatic rings. The van der Waals surface area contributed by atoms with Gasteiger partial charge in [-0.15, -0.1) is 0 Å². The Morgan fingerprint density at radius 1 is 0.382 bits per heavy atom. The maximum atomic E-state index is 6.90. The summed E-state index contributed by atoms with van der Waals surface area (Å²) in [5.74, 6) is 0. The fraction of sp³-hybridized carbons (Fsp3) is 0.0189. The van der Waals surface area contributed by atoms with E-state index in [-0.39, 0.29) is 0 Å². The smallest absolute Gasteiger partial charge is 0.160 e. The standard InChI is InChI=1S/C53H33NO/c1-2-14-34(15-3-1)35-26-28-37(29-27-35)54(49-32-36-16-4-5-17-39(36)51-44-21-9-13-25-50(44)55-52(49)51)38-30-31-43-42-20-8-12-24-47(42)53(48(43)33-38)45-22-10-6-18-40(45)41-19-7-11-23-46(41)53/h1-33H. The van der Waals surface area contributed by atoms with Gasteiger partial charge in [-0.2, -0.15) is 0 Å². The van der Waals surface area contributed by atoms with Gasteiger partial charge in [0.05, 0.1) is 11.1 Å². The molecule has 2 aliphatic carbocycles. The van der Waals surface area contributed by atoms with E-state index in [4.69, 9.17) is 4.42 Å². The monoisotopic (exact) mass is 699 g/mol. The van der Waals surface area contributed by atoms with Crippen molar-refractivity contribution in [2.75, 3.05) is 4.90 Å². The predicted octanol–water partition coefficient (Wildman–Crippen LogP) is 14.2. The van der Waals surface area contributed by atoms with Crippen molar-refractivity contribution in [1.82, 2.24) is 0 Å². The van der Waals surface area contributed by atoms with Gasteiger partial charge in [0.15, 0.2) is 5.58 Å². The van der Waals surface area contributed by atoms with Crippen molar-refractivity contribution < 1.29 is 4.42 Å². The number of hydrogen-bond acceptors (Lipinski definition) is 2. The first-order valence-electron chi connectivity index (χ1n) is 19.0. The van der Waals surface area contributed by atoms with E-state index in [9.17, 15) is 0 Å². The normalized spacial score (nSPS) is 13.2. The van der Waals surface area contributed by atoms with Crippen LogP contribution in [0.2, 0.25) is 0 Å². The fourth-order valence-electron chi connectivity index (χ4n) is 9.81. The number of fused-ring (bicyclic) bond motifs is 15. The van der Waals surface area contributed by atoms with E-state index in [1.54, 1.807) is 0 Å². The topological polar surface area (TPSA) is 16.4 Å². The molecule has 55 heavy (non-hydrogen) atoms. The molecule has 0 saturated carbocycles. The molecule has 1 heterocycles. The first kappa shape index (κ1) is 30.3. The van der Waals surface area contributed by atoms with Gasteiger partial charge >= 0.3 is 0 Å². The van der Waals surface area contributed by atoms with Gasteiger partial charge in [0.1, 0.15) is 5.58 Å².